The van der Waals surface area contributed by atoms with E-state index in [9.17, 15) is 0 Å². The summed E-state index contributed by atoms with van der Waals surface area (Å²) in [5.74, 6) is 1.58. The van der Waals surface area contributed by atoms with Gasteiger partial charge in [0.1, 0.15) is 0 Å². The van der Waals surface area contributed by atoms with Crippen molar-refractivity contribution in [2.75, 3.05) is 33.9 Å². The molecule has 1 fully saturated rings. The predicted molar refractivity (Wildman–Crippen MR) is 90.8 cm³/mol. The molecule has 0 saturated carbocycles. The van der Waals surface area contributed by atoms with Crippen LogP contribution in [0.4, 0.5) is 0 Å². The Morgan fingerprint density at radius 3 is 2.73 bits per heavy atom. The summed E-state index contributed by atoms with van der Waals surface area (Å²) in [5.41, 5.74) is 1.23. The highest BCUT2D eigenvalue weighted by Gasteiger charge is 2.16. The van der Waals surface area contributed by atoms with E-state index in [0.717, 1.165) is 30.6 Å². The van der Waals surface area contributed by atoms with Crippen molar-refractivity contribution < 1.29 is 9.47 Å². The number of rotatable bonds is 8. The normalized spacial score (nSPS) is 19.1. The molecule has 1 aromatic carbocycles. The second-order valence-corrected chi connectivity index (χ2v) is 6.10. The first-order valence-electron chi connectivity index (χ1n) is 8.40. The predicted octanol–water partition coefficient (Wildman–Crippen LogP) is 3.06. The fourth-order valence-corrected chi connectivity index (χ4v) is 3.12. The van der Waals surface area contributed by atoms with Crippen LogP contribution in [-0.2, 0) is 6.54 Å². The average Bonchev–Trinajstić information content (AvgIpc) is 2.56. The van der Waals surface area contributed by atoms with E-state index in [4.69, 9.17) is 9.47 Å². The largest absolute Gasteiger partial charge is 0.493 e. The Hall–Kier alpha value is -1.26. The molecular weight excluding hydrogens is 276 g/mol. The van der Waals surface area contributed by atoms with Crippen LogP contribution < -0.4 is 14.8 Å². The first-order valence-corrected chi connectivity index (χ1v) is 8.40. The Kier molecular flexibility index (Phi) is 7.00. The molecule has 124 valence electrons. The van der Waals surface area contributed by atoms with E-state index in [1.54, 1.807) is 14.2 Å². The Bertz CT molecular complexity index is 451. The molecule has 0 spiro atoms. The quantitative estimate of drug-likeness (QED) is 0.749. The molecule has 1 N–H and O–H groups in total. The van der Waals surface area contributed by atoms with Crippen molar-refractivity contribution in [2.45, 2.75) is 45.2 Å². The number of likely N-dealkylation sites (tertiary alicyclic amines) is 1. The molecule has 0 aromatic heterocycles. The highest BCUT2D eigenvalue weighted by Crippen LogP contribution is 2.27. The first kappa shape index (κ1) is 17.1. The number of nitrogens with one attached hydrogen (secondary N) is 1. The summed E-state index contributed by atoms with van der Waals surface area (Å²) in [4.78, 5) is 2.63. The van der Waals surface area contributed by atoms with Gasteiger partial charge in [-0.3, -0.25) is 0 Å². The molecular formula is C18H30N2O2. The second kappa shape index (κ2) is 9.01. The van der Waals surface area contributed by atoms with Crippen molar-refractivity contribution in [1.82, 2.24) is 10.2 Å². The van der Waals surface area contributed by atoms with Crippen LogP contribution in [0.25, 0.3) is 0 Å². The van der Waals surface area contributed by atoms with Gasteiger partial charge < -0.3 is 19.7 Å². The van der Waals surface area contributed by atoms with Crippen LogP contribution in [0.3, 0.4) is 0 Å². The lowest BCUT2D eigenvalue weighted by molar-refractivity contribution is 0.159. The standard InChI is InChI=1S/C18H30N2O2/c1-15-7-4-5-11-20(15)12-6-10-19-14-16-8-9-17(21-2)18(13-16)22-3/h8-9,13,15,19H,4-7,10-12,14H2,1-3H3/t15-/m0/s1. The van der Waals surface area contributed by atoms with Crippen molar-refractivity contribution in [3.05, 3.63) is 23.8 Å². The van der Waals surface area contributed by atoms with Crippen LogP contribution >= 0.6 is 0 Å². The van der Waals surface area contributed by atoms with Gasteiger partial charge in [-0.25, -0.2) is 0 Å². The number of benzene rings is 1. The van der Waals surface area contributed by atoms with Gasteiger partial charge in [-0.15, -0.1) is 0 Å². The van der Waals surface area contributed by atoms with Gasteiger partial charge in [0, 0.05) is 12.6 Å². The van der Waals surface area contributed by atoms with E-state index in [1.165, 1.54) is 44.3 Å². The molecule has 0 unspecified atom stereocenters. The van der Waals surface area contributed by atoms with Crippen molar-refractivity contribution >= 4 is 0 Å². The molecule has 1 aliphatic heterocycles. The topological polar surface area (TPSA) is 33.7 Å². The molecule has 1 heterocycles. The summed E-state index contributed by atoms with van der Waals surface area (Å²) in [6, 6.07) is 6.85. The molecule has 0 bridgehead atoms. The smallest absolute Gasteiger partial charge is 0.161 e. The van der Waals surface area contributed by atoms with Crippen LogP contribution in [0, 0.1) is 0 Å². The van der Waals surface area contributed by atoms with Gasteiger partial charge in [0.05, 0.1) is 14.2 Å². The SMILES string of the molecule is COc1ccc(CNCCCN2CCCC[C@@H]2C)cc1OC. The summed E-state index contributed by atoms with van der Waals surface area (Å²) in [6.45, 7) is 6.76. The van der Waals surface area contributed by atoms with Crippen LogP contribution in [0.5, 0.6) is 11.5 Å². The fraction of sp³-hybridized carbons (Fsp3) is 0.667. The molecule has 0 radical (unpaired) electrons. The van der Waals surface area contributed by atoms with Gasteiger partial charge in [-0.1, -0.05) is 12.5 Å². The van der Waals surface area contributed by atoms with Crippen LogP contribution in [-0.4, -0.2) is 44.8 Å². The van der Waals surface area contributed by atoms with Crippen molar-refractivity contribution in [1.29, 1.82) is 0 Å². The van der Waals surface area contributed by atoms with Crippen LogP contribution in [0.2, 0.25) is 0 Å². The lowest BCUT2D eigenvalue weighted by Gasteiger charge is -2.33. The molecule has 22 heavy (non-hydrogen) atoms. The fourth-order valence-electron chi connectivity index (χ4n) is 3.12. The Labute approximate surface area is 134 Å². The van der Waals surface area contributed by atoms with Gasteiger partial charge >= 0.3 is 0 Å². The molecule has 1 saturated heterocycles. The second-order valence-electron chi connectivity index (χ2n) is 6.10. The van der Waals surface area contributed by atoms with E-state index in [0.29, 0.717) is 0 Å². The van der Waals surface area contributed by atoms with E-state index in [-0.39, 0.29) is 0 Å². The minimum absolute atomic E-state index is 0.764. The zero-order valence-corrected chi connectivity index (χ0v) is 14.2. The molecule has 4 heteroatoms. The van der Waals surface area contributed by atoms with Gasteiger partial charge in [0.15, 0.2) is 11.5 Å². The molecule has 1 aromatic rings. The van der Waals surface area contributed by atoms with E-state index in [2.05, 4.69) is 23.2 Å². The average molecular weight is 306 g/mol. The zero-order chi connectivity index (χ0) is 15.8. The molecule has 0 aliphatic carbocycles. The van der Waals surface area contributed by atoms with Gasteiger partial charge in [0.2, 0.25) is 0 Å². The van der Waals surface area contributed by atoms with Crippen LogP contribution in [0.15, 0.2) is 18.2 Å². The van der Waals surface area contributed by atoms with Crippen molar-refractivity contribution in [2.24, 2.45) is 0 Å². The molecule has 4 nitrogen and oxygen atoms in total. The summed E-state index contributed by atoms with van der Waals surface area (Å²) >= 11 is 0. The Morgan fingerprint density at radius 2 is 2.00 bits per heavy atom. The molecule has 1 atom stereocenters. The number of nitrogens with zero attached hydrogens (tertiary/aromatic N) is 1. The molecule has 2 rings (SSSR count). The summed E-state index contributed by atoms with van der Waals surface area (Å²) in [6.07, 6.45) is 5.33. The molecule has 0 amide bonds. The van der Waals surface area contributed by atoms with E-state index < -0.39 is 0 Å². The molecule has 1 aliphatic rings. The number of ether oxygens (including phenoxy) is 2. The third kappa shape index (κ3) is 4.89. The maximum Gasteiger partial charge on any atom is 0.161 e. The van der Waals surface area contributed by atoms with Crippen LogP contribution in [0.1, 0.15) is 38.2 Å². The van der Waals surface area contributed by atoms with Gasteiger partial charge in [-0.2, -0.15) is 0 Å². The number of methoxy groups -OCH3 is 2. The maximum absolute atomic E-state index is 5.34. The summed E-state index contributed by atoms with van der Waals surface area (Å²) < 4.78 is 10.6. The minimum atomic E-state index is 0.764. The lowest BCUT2D eigenvalue weighted by atomic mass is 10.0. The zero-order valence-electron chi connectivity index (χ0n) is 14.2. The van der Waals surface area contributed by atoms with E-state index in [1.807, 2.05) is 12.1 Å². The maximum atomic E-state index is 5.34. The number of piperidine rings is 1. The number of hydrogen-bond acceptors (Lipinski definition) is 4. The highest BCUT2D eigenvalue weighted by atomic mass is 16.5. The Morgan fingerprint density at radius 1 is 1.18 bits per heavy atom. The first-order chi connectivity index (χ1) is 10.7. The third-order valence-electron chi connectivity index (χ3n) is 4.52. The Balaban J connectivity index is 1.68. The summed E-state index contributed by atoms with van der Waals surface area (Å²) in [5, 5.41) is 3.52. The highest BCUT2D eigenvalue weighted by molar-refractivity contribution is 5.42. The van der Waals surface area contributed by atoms with Crippen molar-refractivity contribution in [3.63, 3.8) is 0 Å². The minimum Gasteiger partial charge on any atom is -0.493 e. The number of hydrogen-bond donors (Lipinski definition) is 1. The van der Waals surface area contributed by atoms with Gasteiger partial charge in [0.25, 0.3) is 0 Å². The lowest BCUT2D eigenvalue weighted by Crippen LogP contribution is -2.38. The monoisotopic (exact) mass is 306 g/mol. The van der Waals surface area contributed by atoms with E-state index >= 15 is 0 Å². The third-order valence-corrected chi connectivity index (χ3v) is 4.52. The van der Waals surface area contributed by atoms with Gasteiger partial charge in [-0.05, 0) is 63.5 Å². The van der Waals surface area contributed by atoms with Crippen molar-refractivity contribution in [3.8, 4) is 11.5 Å². The summed E-state index contributed by atoms with van der Waals surface area (Å²) in [7, 11) is 3.34.